The zero-order valence-corrected chi connectivity index (χ0v) is 10.2. The summed E-state index contributed by atoms with van der Waals surface area (Å²) in [5.74, 6) is -1.54. The average Bonchev–Trinajstić information content (AvgIpc) is 2.39. The maximum Gasteiger partial charge on any atom is 0.321 e. The second-order valence-corrected chi connectivity index (χ2v) is 6.76. The van der Waals surface area contributed by atoms with Crippen molar-refractivity contribution >= 4 is 23.6 Å². The first-order valence-corrected chi connectivity index (χ1v) is 5.99. The molecule has 2 unspecified atom stereocenters. The van der Waals surface area contributed by atoms with Gasteiger partial charge >= 0.3 is 5.97 Å². The van der Waals surface area contributed by atoms with Crippen LogP contribution in [-0.2, 0) is 9.59 Å². The summed E-state index contributed by atoms with van der Waals surface area (Å²) in [6, 6.07) is 0. The number of aliphatic hydroxyl groups is 1. The summed E-state index contributed by atoms with van der Waals surface area (Å²) < 4.78 is -0.944. The number of carboxylic acid groups (broad SMARTS) is 1. The second-order valence-electron chi connectivity index (χ2n) is 5.14. The molecule has 2 N–H and O–H groups in total. The molecule has 0 aromatic rings. The van der Waals surface area contributed by atoms with E-state index in [-0.39, 0.29) is 17.8 Å². The highest BCUT2D eigenvalue weighted by molar-refractivity contribution is 8.02. The third kappa shape index (κ3) is 1.43. The van der Waals surface area contributed by atoms with Gasteiger partial charge in [0.05, 0.1) is 16.9 Å². The molecule has 0 aromatic heterocycles. The molecule has 2 aliphatic rings. The molecule has 2 aliphatic heterocycles. The van der Waals surface area contributed by atoms with Crippen molar-refractivity contribution in [2.45, 2.75) is 36.5 Å². The number of hydrogen-bond acceptors (Lipinski definition) is 4. The number of nitrogens with zero attached hydrogens (tertiary/aromatic N) is 1. The van der Waals surface area contributed by atoms with Gasteiger partial charge < -0.3 is 15.1 Å². The summed E-state index contributed by atoms with van der Waals surface area (Å²) in [6.45, 7) is 5.02. The van der Waals surface area contributed by atoms with Gasteiger partial charge in [-0.1, -0.05) is 0 Å². The average molecular weight is 245 g/mol. The Hall–Kier alpha value is -0.750. The van der Waals surface area contributed by atoms with E-state index in [9.17, 15) is 14.7 Å². The Morgan fingerprint density at radius 1 is 1.62 bits per heavy atom. The molecule has 16 heavy (non-hydrogen) atoms. The number of carbonyl (C=O) groups is 2. The van der Waals surface area contributed by atoms with Gasteiger partial charge in [-0.15, -0.1) is 11.8 Å². The van der Waals surface area contributed by atoms with Crippen molar-refractivity contribution in [2.24, 2.45) is 5.92 Å². The van der Waals surface area contributed by atoms with Crippen LogP contribution in [0.25, 0.3) is 0 Å². The van der Waals surface area contributed by atoms with Gasteiger partial charge in [-0.25, -0.2) is 0 Å². The third-order valence-electron chi connectivity index (χ3n) is 3.21. The number of rotatable bonds is 2. The van der Waals surface area contributed by atoms with Gasteiger partial charge in [0.1, 0.15) is 4.75 Å². The first kappa shape index (κ1) is 11.7. The van der Waals surface area contributed by atoms with E-state index in [0.29, 0.717) is 0 Å². The zero-order valence-electron chi connectivity index (χ0n) is 9.43. The molecule has 0 radical (unpaired) electrons. The fourth-order valence-corrected chi connectivity index (χ4v) is 3.96. The molecule has 2 saturated heterocycles. The minimum absolute atomic E-state index is 0.144. The van der Waals surface area contributed by atoms with E-state index >= 15 is 0 Å². The Kier molecular flexibility index (Phi) is 2.30. The summed E-state index contributed by atoms with van der Waals surface area (Å²) >= 11 is 1.26. The van der Waals surface area contributed by atoms with Gasteiger partial charge in [0.2, 0.25) is 5.91 Å². The Labute approximate surface area is 97.8 Å². The Morgan fingerprint density at radius 2 is 2.19 bits per heavy atom. The summed E-state index contributed by atoms with van der Waals surface area (Å²) in [5, 5.41) is 18.7. The SMILES string of the molecule is CC1(C(=O)O)CN2C(=O)C(C(C)(C)O)[C@H]2S1. The van der Waals surface area contributed by atoms with Crippen LogP contribution in [-0.4, -0.2) is 49.3 Å². The number of aliphatic carboxylic acids is 1. The Bertz CT molecular complexity index is 364. The lowest BCUT2D eigenvalue weighted by atomic mass is 9.83. The lowest BCUT2D eigenvalue weighted by molar-refractivity contribution is -0.163. The van der Waals surface area contributed by atoms with Crippen molar-refractivity contribution in [3.8, 4) is 0 Å². The van der Waals surface area contributed by atoms with E-state index in [1.807, 2.05) is 0 Å². The number of carbonyl (C=O) groups excluding carboxylic acids is 1. The van der Waals surface area contributed by atoms with Gasteiger partial charge in [0.15, 0.2) is 0 Å². The highest BCUT2D eigenvalue weighted by Crippen LogP contribution is 2.52. The van der Waals surface area contributed by atoms with E-state index in [4.69, 9.17) is 5.11 Å². The third-order valence-corrected chi connectivity index (χ3v) is 4.80. The summed E-state index contributed by atoms with van der Waals surface area (Å²) in [4.78, 5) is 24.4. The smallest absolute Gasteiger partial charge is 0.321 e. The first-order chi connectivity index (χ1) is 7.17. The summed E-state index contributed by atoms with van der Waals surface area (Å²) in [5.41, 5.74) is -1.09. The van der Waals surface area contributed by atoms with Crippen molar-refractivity contribution in [1.82, 2.24) is 4.90 Å². The molecule has 0 saturated carbocycles. The number of amides is 1. The Balaban J connectivity index is 2.20. The van der Waals surface area contributed by atoms with Crippen LogP contribution in [0.1, 0.15) is 20.8 Å². The monoisotopic (exact) mass is 245 g/mol. The molecule has 0 aliphatic carbocycles. The molecular formula is C10H15NO4S. The molecule has 90 valence electrons. The first-order valence-electron chi connectivity index (χ1n) is 5.11. The highest BCUT2D eigenvalue weighted by Gasteiger charge is 2.63. The normalized spacial score (nSPS) is 38.2. The van der Waals surface area contributed by atoms with Crippen LogP contribution in [0.4, 0.5) is 0 Å². The van der Waals surface area contributed by atoms with Crippen LogP contribution in [0, 0.1) is 5.92 Å². The van der Waals surface area contributed by atoms with Crippen LogP contribution in [0.5, 0.6) is 0 Å². The number of thioether (sulfide) groups is 1. The molecule has 1 amide bonds. The summed E-state index contributed by atoms with van der Waals surface area (Å²) in [6.07, 6.45) is 0. The van der Waals surface area contributed by atoms with E-state index in [1.54, 1.807) is 25.7 Å². The van der Waals surface area contributed by atoms with Gasteiger partial charge in [0, 0.05) is 6.54 Å². The topological polar surface area (TPSA) is 77.8 Å². The van der Waals surface area contributed by atoms with E-state index in [0.717, 1.165) is 0 Å². The van der Waals surface area contributed by atoms with Crippen molar-refractivity contribution in [3.05, 3.63) is 0 Å². The molecule has 0 bridgehead atoms. The molecule has 2 heterocycles. The summed E-state index contributed by atoms with van der Waals surface area (Å²) in [7, 11) is 0. The molecule has 5 nitrogen and oxygen atoms in total. The molecular weight excluding hydrogens is 230 g/mol. The predicted octanol–water partition coefficient (Wildman–Crippen LogP) is 0.132. The van der Waals surface area contributed by atoms with Gasteiger partial charge in [-0.05, 0) is 20.8 Å². The second kappa shape index (κ2) is 3.13. The molecule has 6 heteroatoms. The molecule has 2 fully saturated rings. The lowest BCUT2D eigenvalue weighted by Crippen LogP contribution is -2.63. The van der Waals surface area contributed by atoms with Crippen molar-refractivity contribution in [1.29, 1.82) is 0 Å². The predicted molar refractivity (Wildman–Crippen MR) is 58.9 cm³/mol. The van der Waals surface area contributed by atoms with E-state index in [2.05, 4.69) is 0 Å². The maximum absolute atomic E-state index is 11.8. The molecule has 0 aromatic carbocycles. The van der Waals surface area contributed by atoms with Gasteiger partial charge in [-0.2, -0.15) is 0 Å². The van der Waals surface area contributed by atoms with E-state index < -0.39 is 22.2 Å². The van der Waals surface area contributed by atoms with Crippen LogP contribution >= 0.6 is 11.8 Å². The van der Waals surface area contributed by atoms with Gasteiger partial charge in [0.25, 0.3) is 0 Å². The van der Waals surface area contributed by atoms with Crippen molar-refractivity contribution in [3.63, 3.8) is 0 Å². The molecule has 3 atom stereocenters. The Morgan fingerprint density at radius 3 is 2.62 bits per heavy atom. The van der Waals surface area contributed by atoms with Crippen LogP contribution in [0.15, 0.2) is 0 Å². The van der Waals surface area contributed by atoms with Crippen molar-refractivity contribution in [2.75, 3.05) is 6.54 Å². The van der Waals surface area contributed by atoms with E-state index in [1.165, 1.54) is 11.8 Å². The molecule has 0 spiro atoms. The molecule has 2 rings (SSSR count). The van der Waals surface area contributed by atoms with Crippen LogP contribution in [0.3, 0.4) is 0 Å². The number of β-lactam (4-membered cyclic amide) rings is 1. The fourth-order valence-electron chi connectivity index (χ4n) is 2.22. The van der Waals surface area contributed by atoms with Crippen LogP contribution in [0.2, 0.25) is 0 Å². The van der Waals surface area contributed by atoms with Crippen molar-refractivity contribution < 1.29 is 19.8 Å². The van der Waals surface area contributed by atoms with Gasteiger partial charge in [-0.3, -0.25) is 9.59 Å². The standard InChI is InChI=1S/C10H15NO4S/c1-9(2,15)5-6(12)11-4-10(3,8(13)14)16-7(5)11/h5,7,15H,4H2,1-3H3,(H,13,14)/t5?,7-,10?/m1/s1. The largest absolute Gasteiger partial charge is 0.480 e. The number of carboxylic acids is 1. The quantitative estimate of drug-likeness (QED) is 0.676. The fraction of sp³-hybridized carbons (Fsp3) is 0.800. The minimum Gasteiger partial charge on any atom is -0.480 e. The van der Waals surface area contributed by atoms with Crippen LogP contribution < -0.4 is 0 Å². The lowest BCUT2D eigenvalue weighted by Gasteiger charge is -2.46. The zero-order chi connectivity index (χ0) is 12.3. The maximum atomic E-state index is 11.8. The highest BCUT2D eigenvalue weighted by atomic mass is 32.2. The number of hydrogen-bond donors (Lipinski definition) is 2. The number of fused-ring (bicyclic) bond motifs is 1. The minimum atomic E-state index is -1.09.